The van der Waals surface area contributed by atoms with Crippen LogP contribution in [0.3, 0.4) is 0 Å². The summed E-state index contributed by atoms with van der Waals surface area (Å²) in [4.78, 5) is 31.2. The summed E-state index contributed by atoms with van der Waals surface area (Å²) in [5, 5.41) is 18.6. The van der Waals surface area contributed by atoms with E-state index in [4.69, 9.17) is 10.00 Å². The summed E-state index contributed by atoms with van der Waals surface area (Å²) in [6.07, 6.45) is 1.74. The monoisotopic (exact) mass is 517 g/mol. The number of benzene rings is 1. The number of aryl methyl sites for hydroxylation is 1. The molecule has 3 rings (SSSR count). The Morgan fingerprint density at radius 2 is 1.89 bits per heavy atom. The predicted molar refractivity (Wildman–Crippen MR) is 127 cm³/mol. The van der Waals surface area contributed by atoms with E-state index in [0.29, 0.717) is 42.6 Å². The Balaban J connectivity index is 0.00000456. The van der Waals surface area contributed by atoms with Gasteiger partial charge in [-0.3, -0.25) is 0 Å². The number of hydrogen-bond donors (Lipinski definition) is 0. The third kappa shape index (κ3) is 7.05. The number of aromatic nitrogens is 1. The summed E-state index contributed by atoms with van der Waals surface area (Å²) in [5.41, 5.74) is 1.36. The first-order valence-corrected chi connectivity index (χ1v) is 12.6. The fourth-order valence-corrected chi connectivity index (χ4v) is 4.94. The Bertz CT molecular complexity index is 1320. The summed E-state index contributed by atoms with van der Waals surface area (Å²) in [6.45, 7) is 3.82. The minimum atomic E-state index is -4.14. The second kappa shape index (κ2) is 12.8. The number of carbonyl (C=O) groups excluding carboxylic acids is 2. The molecule has 1 atom stereocenters. The van der Waals surface area contributed by atoms with Crippen molar-refractivity contribution >= 4 is 27.7 Å². The quantitative estimate of drug-likeness (QED) is 0.367. The van der Waals surface area contributed by atoms with E-state index in [1.54, 1.807) is 18.7 Å². The second-order valence-electron chi connectivity index (χ2n) is 7.99. The second-order valence-corrected chi connectivity index (χ2v) is 9.63. The molecule has 1 aromatic carbocycles. The molecule has 0 aliphatic carbocycles. The maximum Gasteiger partial charge on any atom is 1.00 e. The maximum atomic E-state index is 13.0. The molecule has 1 fully saturated rings. The van der Waals surface area contributed by atoms with Crippen LogP contribution in [-0.2, 0) is 25.3 Å². The van der Waals surface area contributed by atoms with Crippen molar-refractivity contribution in [1.82, 2.24) is 4.98 Å². The van der Waals surface area contributed by atoms with Crippen LogP contribution in [0.1, 0.15) is 58.9 Å². The van der Waals surface area contributed by atoms with Crippen LogP contribution in [0.15, 0.2) is 30.3 Å². The van der Waals surface area contributed by atoms with Gasteiger partial charge < -0.3 is 19.2 Å². The van der Waals surface area contributed by atoms with Crippen LogP contribution in [0.4, 0.5) is 5.82 Å². The number of ether oxygens (including phenoxy) is 1. The van der Waals surface area contributed by atoms with E-state index < -0.39 is 33.7 Å². The molecule has 0 N–H and O–H groups in total. The standard InChI is InChI=1S/C24H25N5O5S.Na/c1-3-34-24(31)20-12-19(14-26)22(27-16(20)2)29-11-5-4-6-21(29)23(30)28-35(32,33)15-18-9-7-17(13-25)8-10-18;/h7-10,12,21H,3-6,11,15H2,1-2H3,(H,28,30);/q;+1/p-1. The molecule has 0 spiro atoms. The number of piperidine rings is 1. The van der Waals surface area contributed by atoms with E-state index in [0.717, 1.165) is 0 Å². The fourth-order valence-electron chi connectivity index (χ4n) is 3.87. The van der Waals surface area contributed by atoms with Gasteiger partial charge in [0.15, 0.2) is 0 Å². The van der Waals surface area contributed by atoms with Crippen LogP contribution in [0, 0.1) is 29.6 Å². The first-order chi connectivity index (χ1) is 16.7. The Morgan fingerprint density at radius 3 is 2.50 bits per heavy atom. The molecule has 2 aromatic rings. The predicted octanol–water partition coefficient (Wildman–Crippen LogP) is 0.103. The summed E-state index contributed by atoms with van der Waals surface area (Å²) < 4.78 is 33.8. The normalized spacial score (nSPS) is 15.1. The molecule has 1 amide bonds. The van der Waals surface area contributed by atoms with Gasteiger partial charge in [0.1, 0.15) is 21.9 Å². The van der Waals surface area contributed by atoms with Crippen molar-refractivity contribution in [3.63, 3.8) is 0 Å². The van der Waals surface area contributed by atoms with Crippen molar-refractivity contribution in [1.29, 1.82) is 10.5 Å². The number of esters is 1. The number of rotatable bonds is 7. The smallest absolute Gasteiger partial charge is 0.544 e. The average Bonchev–Trinajstić information content (AvgIpc) is 2.83. The molecular weight excluding hydrogens is 493 g/mol. The van der Waals surface area contributed by atoms with Gasteiger partial charge in [-0.2, -0.15) is 10.5 Å². The first kappa shape index (κ1) is 29.3. The molecule has 1 aromatic heterocycles. The Labute approximate surface area is 232 Å². The Hall–Kier alpha value is -2.96. The zero-order chi connectivity index (χ0) is 25.6. The van der Waals surface area contributed by atoms with Crippen LogP contribution in [0.2, 0.25) is 0 Å². The molecule has 36 heavy (non-hydrogen) atoms. The largest absolute Gasteiger partial charge is 1.00 e. The Morgan fingerprint density at radius 1 is 1.19 bits per heavy atom. The van der Waals surface area contributed by atoms with Crippen LogP contribution >= 0.6 is 0 Å². The summed E-state index contributed by atoms with van der Waals surface area (Å²) in [7, 11) is -4.14. The van der Waals surface area contributed by atoms with Crippen molar-refractivity contribution in [2.45, 2.75) is 44.9 Å². The van der Waals surface area contributed by atoms with Crippen LogP contribution in [0.5, 0.6) is 0 Å². The first-order valence-electron chi connectivity index (χ1n) is 11.0. The topological polar surface area (TPSA) is 155 Å². The minimum Gasteiger partial charge on any atom is -0.544 e. The van der Waals surface area contributed by atoms with Crippen molar-refractivity contribution in [2.24, 2.45) is 0 Å². The molecule has 1 saturated heterocycles. The number of hydrogen-bond acceptors (Lipinski definition) is 9. The number of anilines is 1. The van der Waals surface area contributed by atoms with Crippen molar-refractivity contribution in [3.05, 3.63) is 63.0 Å². The molecule has 1 aliphatic rings. The maximum absolute atomic E-state index is 13.0. The molecule has 182 valence electrons. The molecule has 0 radical (unpaired) electrons. The van der Waals surface area contributed by atoms with E-state index in [1.807, 2.05) is 12.1 Å². The van der Waals surface area contributed by atoms with Gasteiger partial charge in [-0.25, -0.2) is 18.2 Å². The van der Waals surface area contributed by atoms with Gasteiger partial charge in [-0.05, 0) is 56.9 Å². The van der Waals surface area contributed by atoms with Crippen LogP contribution < -0.4 is 34.5 Å². The van der Waals surface area contributed by atoms with Crippen LogP contribution in [-0.4, -0.2) is 44.5 Å². The number of sulfonamides is 1. The number of nitrogens with zero attached hydrogens (tertiary/aromatic N) is 5. The van der Waals surface area contributed by atoms with Gasteiger partial charge in [-0.15, -0.1) is 0 Å². The van der Waals surface area contributed by atoms with Gasteiger partial charge in [0.2, 0.25) is 0 Å². The van der Waals surface area contributed by atoms with E-state index in [-0.39, 0.29) is 53.1 Å². The SMILES string of the molecule is CCOC(=O)c1cc(C#N)c(N2CCCCC2C(=O)[N-]S(=O)(=O)Cc2ccc(C#N)cc2)nc1C.[Na+]. The molecule has 0 saturated carbocycles. The van der Waals surface area contributed by atoms with Gasteiger partial charge in [0.05, 0.1) is 52.8 Å². The Kier molecular flexibility index (Phi) is 10.4. The zero-order valence-corrected chi connectivity index (χ0v) is 23.2. The van der Waals surface area contributed by atoms with Crippen molar-refractivity contribution in [2.75, 3.05) is 18.1 Å². The van der Waals surface area contributed by atoms with E-state index in [9.17, 15) is 23.3 Å². The number of amides is 1. The zero-order valence-electron chi connectivity index (χ0n) is 20.4. The third-order valence-corrected chi connectivity index (χ3v) is 6.69. The van der Waals surface area contributed by atoms with Crippen molar-refractivity contribution in [3.8, 4) is 12.1 Å². The van der Waals surface area contributed by atoms with Gasteiger partial charge in [0, 0.05) is 6.54 Å². The molecule has 1 unspecified atom stereocenters. The molecule has 2 heterocycles. The van der Waals surface area contributed by atoms with E-state index in [1.165, 1.54) is 30.3 Å². The summed E-state index contributed by atoms with van der Waals surface area (Å²) >= 11 is 0. The van der Waals surface area contributed by atoms with Crippen LogP contribution in [0.25, 0.3) is 4.72 Å². The van der Waals surface area contributed by atoms with Crippen molar-refractivity contribution < 1.29 is 52.3 Å². The molecule has 0 bridgehead atoms. The average molecular weight is 518 g/mol. The summed E-state index contributed by atoms with van der Waals surface area (Å²) in [5.74, 6) is -1.71. The third-order valence-electron chi connectivity index (χ3n) is 5.53. The van der Waals surface area contributed by atoms with E-state index in [2.05, 4.69) is 9.71 Å². The van der Waals surface area contributed by atoms with Gasteiger partial charge in [0.25, 0.3) is 0 Å². The number of pyridine rings is 1. The number of nitriles is 2. The minimum absolute atomic E-state index is 0. The molecule has 12 heteroatoms. The summed E-state index contributed by atoms with van der Waals surface area (Å²) in [6, 6.07) is 10.4. The number of carbonyl (C=O) groups is 2. The molecule has 10 nitrogen and oxygen atoms in total. The fraction of sp³-hybridized carbons (Fsp3) is 0.375. The van der Waals surface area contributed by atoms with Gasteiger partial charge >= 0.3 is 35.5 Å². The van der Waals surface area contributed by atoms with E-state index >= 15 is 0 Å². The molecule has 1 aliphatic heterocycles. The molecular formula is C24H24N5NaO5S. The van der Waals surface area contributed by atoms with Gasteiger partial charge in [-0.1, -0.05) is 12.1 Å².